The van der Waals surface area contributed by atoms with Crippen molar-refractivity contribution in [2.75, 3.05) is 5.73 Å². The SMILES string of the molecule is Nc1cccc2cc3c(cc12)CCCC31CC2C=CC1C2. The molecule has 3 aliphatic rings. The number of fused-ring (bicyclic) bond motifs is 6. The average molecular weight is 275 g/mol. The summed E-state index contributed by atoms with van der Waals surface area (Å²) in [6.07, 6.45) is 11.7. The van der Waals surface area contributed by atoms with E-state index in [0.717, 1.165) is 17.5 Å². The van der Waals surface area contributed by atoms with Crippen molar-refractivity contribution in [3.8, 4) is 0 Å². The molecule has 1 saturated carbocycles. The molecular formula is C20H21N. The Hall–Kier alpha value is -1.76. The predicted molar refractivity (Wildman–Crippen MR) is 88.3 cm³/mol. The van der Waals surface area contributed by atoms with Gasteiger partial charge in [0.25, 0.3) is 0 Å². The summed E-state index contributed by atoms with van der Waals surface area (Å²) in [4.78, 5) is 0. The van der Waals surface area contributed by atoms with Crippen LogP contribution in [0.2, 0.25) is 0 Å². The number of nitrogens with two attached hydrogens (primary N) is 1. The van der Waals surface area contributed by atoms with Crippen LogP contribution >= 0.6 is 0 Å². The number of aryl methyl sites for hydroxylation is 1. The predicted octanol–water partition coefficient (Wildman–Crippen LogP) is 4.59. The molecule has 5 rings (SSSR count). The zero-order chi connectivity index (χ0) is 14.0. The van der Waals surface area contributed by atoms with E-state index in [9.17, 15) is 0 Å². The molecule has 1 spiro atoms. The van der Waals surface area contributed by atoms with Crippen molar-refractivity contribution in [1.29, 1.82) is 0 Å². The van der Waals surface area contributed by atoms with Crippen LogP contribution in [-0.2, 0) is 11.8 Å². The minimum atomic E-state index is 0.436. The Bertz CT molecular complexity index is 773. The van der Waals surface area contributed by atoms with Gasteiger partial charge in [-0.3, -0.25) is 0 Å². The van der Waals surface area contributed by atoms with Gasteiger partial charge in [0.05, 0.1) is 0 Å². The maximum absolute atomic E-state index is 6.18. The second kappa shape index (κ2) is 3.91. The normalized spacial score (nSPS) is 33.0. The molecule has 3 unspecified atom stereocenters. The zero-order valence-electron chi connectivity index (χ0n) is 12.3. The number of anilines is 1. The van der Waals surface area contributed by atoms with E-state index in [4.69, 9.17) is 5.73 Å². The average Bonchev–Trinajstić information content (AvgIpc) is 3.08. The largest absolute Gasteiger partial charge is 0.398 e. The number of hydrogen-bond acceptors (Lipinski definition) is 1. The first-order chi connectivity index (χ1) is 10.3. The van der Waals surface area contributed by atoms with Gasteiger partial charge < -0.3 is 5.73 Å². The van der Waals surface area contributed by atoms with Crippen molar-refractivity contribution in [2.45, 2.75) is 37.5 Å². The molecule has 0 amide bonds. The first-order valence-electron chi connectivity index (χ1n) is 8.26. The van der Waals surface area contributed by atoms with Crippen LogP contribution in [-0.4, -0.2) is 0 Å². The Morgan fingerprint density at radius 3 is 2.90 bits per heavy atom. The molecule has 1 fully saturated rings. The van der Waals surface area contributed by atoms with E-state index in [1.807, 2.05) is 6.07 Å². The molecule has 1 nitrogen and oxygen atoms in total. The number of rotatable bonds is 0. The van der Waals surface area contributed by atoms with Crippen molar-refractivity contribution >= 4 is 16.5 Å². The van der Waals surface area contributed by atoms with Crippen LogP contribution in [0.3, 0.4) is 0 Å². The highest BCUT2D eigenvalue weighted by Gasteiger charge is 2.50. The van der Waals surface area contributed by atoms with Crippen molar-refractivity contribution in [3.63, 3.8) is 0 Å². The maximum atomic E-state index is 6.18. The lowest BCUT2D eigenvalue weighted by Crippen LogP contribution is -2.35. The van der Waals surface area contributed by atoms with Gasteiger partial charge in [-0.2, -0.15) is 0 Å². The monoisotopic (exact) mass is 275 g/mol. The van der Waals surface area contributed by atoms with Gasteiger partial charge in [0.1, 0.15) is 0 Å². The highest BCUT2D eigenvalue weighted by molar-refractivity contribution is 5.94. The van der Waals surface area contributed by atoms with E-state index in [2.05, 4.69) is 36.4 Å². The van der Waals surface area contributed by atoms with Gasteiger partial charge in [-0.1, -0.05) is 30.4 Å². The van der Waals surface area contributed by atoms with E-state index in [-0.39, 0.29) is 0 Å². The molecule has 2 aromatic carbocycles. The quantitative estimate of drug-likeness (QED) is 0.552. The fraction of sp³-hybridized carbons (Fsp3) is 0.400. The second-order valence-corrected chi connectivity index (χ2v) is 7.28. The Kier molecular flexibility index (Phi) is 2.21. The Balaban J connectivity index is 1.78. The molecule has 0 aromatic heterocycles. The fourth-order valence-corrected chi connectivity index (χ4v) is 5.35. The number of hydrogen-bond donors (Lipinski definition) is 1. The Morgan fingerprint density at radius 1 is 1.14 bits per heavy atom. The van der Waals surface area contributed by atoms with E-state index < -0.39 is 0 Å². The molecule has 2 N–H and O–H groups in total. The Labute approximate surface area is 125 Å². The zero-order valence-corrected chi connectivity index (χ0v) is 12.3. The summed E-state index contributed by atoms with van der Waals surface area (Å²) in [5.74, 6) is 1.61. The summed E-state index contributed by atoms with van der Waals surface area (Å²) < 4.78 is 0. The molecule has 21 heavy (non-hydrogen) atoms. The first-order valence-corrected chi connectivity index (χ1v) is 8.26. The van der Waals surface area contributed by atoms with Gasteiger partial charge in [0.2, 0.25) is 0 Å². The van der Waals surface area contributed by atoms with Gasteiger partial charge in [-0.05, 0) is 72.6 Å². The minimum Gasteiger partial charge on any atom is -0.398 e. The molecule has 1 heteroatoms. The summed E-state index contributed by atoms with van der Waals surface area (Å²) in [6.45, 7) is 0. The van der Waals surface area contributed by atoms with Crippen molar-refractivity contribution in [3.05, 3.63) is 53.6 Å². The molecule has 3 aliphatic carbocycles. The summed E-state index contributed by atoms with van der Waals surface area (Å²) in [6, 6.07) is 11.2. The molecular weight excluding hydrogens is 254 g/mol. The van der Waals surface area contributed by atoms with Crippen molar-refractivity contribution in [1.82, 2.24) is 0 Å². The molecule has 3 atom stereocenters. The van der Waals surface area contributed by atoms with Gasteiger partial charge >= 0.3 is 0 Å². The van der Waals surface area contributed by atoms with Gasteiger partial charge in [0.15, 0.2) is 0 Å². The smallest absolute Gasteiger partial charge is 0.0393 e. The van der Waals surface area contributed by atoms with Crippen molar-refractivity contribution in [2.24, 2.45) is 11.8 Å². The molecule has 2 aromatic rings. The molecule has 0 radical (unpaired) electrons. The van der Waals surface area contributed by atoms with Crippen LogP contribution in [0.5, 0.6) is 0 Å². The molecule has 0 aliphatic heterocycles. The van der Waals surface area contributed by atoms with Gasteiger partial charge in [0, 0.05) is 16.5 Å². The highest BCUT2D eigenvalue weighted by atomic mass is 14.6. The third-order valence-electron chi connectivity index (χ3n) is 6.25. The summed E-state index contributed by atoms with van der Waals surface area (Å²) >= 11 is 0. The third-order valence-corrected chi connectivity index (χ3v) is 6.25. The summed E-state index contributed by atoms with van der Waals surface area (Å²) in [7, 11) is 0. The lowest BCUT2D eigenvalue weighted by molar-refractivity contribution is 0.304. The standard InChI is InChI=1S/C20H21N/c21-19-5-1-3-14-11-18-15(10-17(14)19)4-2-8-20(18)12-13-6-7-16(20)9-13/h1,3,5-7,10-11,13,16H,2,4,8-9,12,21H2. The van der Waals surface area contributed by atoms with E-state index in [1.165, 1.54) is 42.9 Å². The van der Waals surface area contributed by atoms with E-state index in [1.54, 1.807) is 11.1 Å². The van der Waals surface area contributed by atoms with Gasteiger partial charge in [-0.25, -0.2) is 0 Å². The van der Waals surface area contributed by atoms with Crippen LogP contribution in [0.4, 0.5) is 5.69 Å². The topological polar surface area (TPSA) is 26.0 Å². The van der Waals surface area contributed by atoms with Gasteiger partial charge in [-0.15, -0.1) is 0 Å². The molecule has 0 saturated heterocycles. The first kappa shape index (κ1) is 11.9. The summed E-state index contributed by atoms with van der Waals surface area (Å²) in [5, 5.41) is 2.56. The van der Waals surface area contributed by atoms with Crippen LogP contribution < -0.4 is 5.73 Å². The van der Waals surface area contributed by atoms with Crippen LogP contribution in [0, 0.1) is 11.8 Å². The summed E-state index contributed by atoms with van der Waals surface area (Å²) in [5.41, 5.74) is 10.7. The number of benzene rings is 2. The van der Waals surface area contributed by atoms with Crippen molar-refractivity contribution < 1.29 is 0 Å². The van der Waals surface area contributed by atoms with Crippen LogP contribution in [0.1, 0.15) is 36.8 Å². The highest BCUT2D eigenvalue weighted by Crippen LogP contribution is 2.58. The second-order valence-electron chi connectivity index (χ2n) is 7.28. The van der Waals surface area contributed by atoms with E-state index in [0.29, 0.717) is 5.41 Å². The molecule has 2 bridgehead atoms. The maximum Gasteiger partial charge on any atom is 0.0393 e. The number of allylic oxidation sites excluding steroid dienone is 2. The molecule has 0 heterocycles. The lowest BCUT2D eigenvalue weighted by Gasteiger charge is -2.41. The van der Waals surface area contributed by atoms with Crippen LogP contribution in [0.15, 0.2) is 42.5 Å². The fourth-order valence-electron chi connectivity index (χ4n) is 5.35. The number of nitrogen functional groups attached to an aromatic ring is 1. The van der Waals surface area contributed by atoms with Crippen LogP contribution in [0.25, 0.3) is 10.8 Å². The lowest BCUT2D eigenvalue weighted by atomic mass is 9.63. The van der Waals surface area contributed by atoms with E-state index >= 15 is 0 Å². The third kappa shape index (κ3) is 1.47. The molecule has 106 valence electrons. The Morgan fingerprint density at radius 2 is 2.10 bits per heavy atom. The minimum absolute atomic E-state index is 0.436.